The fourth-order valence-electron chi connectivity index (χ4n) is 5.04. The third-order valence-electron chi connectivity index (χ3n) is 6.65. The number of hydrogen-bond donors (Lipinski definition) is 3. The predicted octanol–water partition coefficient (Wildman–Crippen LogP) is 3.92. The Morgan fingerprint density at radius 2 is 1.03 bits per heavy atom. The zero-order valence-electron chi connectivity index (χ0n) is 20.7. The number of ether oxygens (including phenoxy) is 1. The summed E-state index contributed by atoms with van der Waals surface area (Å²) >= 11 is 0. The minimum atomic E-state index is -1.16. The fourth-order valence-corrected chi connectivity index (χ4v) is 5.04. The summed E-state index contributed by atoms with van der Waals surface area (Å²) in [6, 6.07) is 15.1. The second-order valence-electron chi connectivity index (χ2n) is 10.7. The van der Waals surface area contributed by atoms with Crippen LogP contribution in [0.2, 0.25) is 0 Å². The van der Waals surface area contributed by atoms with E-state index < -0.39 is 40.3 Å². The van der Waals surface area contributed by atoms with Crippen LogP contribution >= 0.6 is 0 Å². The molecule has 2 aromatic rings. The Bertz CT molecular complexity index is 1120. The molecule has 0 atom stereocenters. The molecule has 0 heterocycles. The van der Waals surface area contributed by atoms with Crippen molar-refractivity contribution >= 4 is 23.9 Å². The van der Waals surface area contributed by atoms with Crippen LogP contribution in [0, 0.1) is 10.8 Å². The van der Waals surface area contributed by atoms with E-state index in [9.17, 15) is 29.4 Å². The molecule has 0 saturated carbocycles. The molecule has 2 aliphatic carbocycles. The van der Waals surface area contributed by atoms with E-state index in [2.05, 4.69) is 0 Å². The standard InChI is InChI=1S/C16H20O4.C12H12O4/c1-15(2,3)20-13(17)10-16(14(18)19)8-11-6-4-5-7-12(11)9-16;13-10(14)7-12(11(15)16)5-8-3-1-2-4-9(8)6-12/h4-7H,8-10H2,1-3H3,(H,18,19);1-4H,5-7H2,(H,13,14)(H,15,16). The topological polar surface area (TPSA) is 138 Å². The first-order chi connectivity index (χ1) is 16.8. The van der Waals surface area contributed by atoms with E-state index in [0.717, 1.165) is 22.3 Å². The first kappa shape index (κ1) is 26.9. The zero-order valence-corrected chi connectivity index (χ0v) is 20.7. The molecule has 0 saturated heterocycles. The SMILES string of the molecule is CC(C)(C)OC(=O)CC1(C(=O)O)Cc2ccccc2C1.O=C(O)CC1(C(=O)O)Cc2ccccc2C1. The van der Waals surface area contributed by atoms with Crippen LogP contribution in [-0.4, -0.2) is 44.8 Å². The quantitative estimate of drug-likeness (QED) is 0.512. The Morgan fingerprint density at radius 3 is 1.31 bits per heavy atom. The Balaban J connectivity index is 0.000000205. The molecule has 0 fully saturated rings. The Labute approximate surface area is 209 Å². The number of carboxylic acid groups (broad SMARTS) is 3. The minimum absolute atomic E-state index is 0.0890. The Morgan fingerprint density at radius 1 is 0.694 bits per heavy atom. The predicted molar refractivity (Wildman–Crippen MR) is 131 cm³/mol. The minimum Gasteiger partial charge on any atom is -0.481 e. The van der Waals surface area contributed by atoms with Gasteiger partial charge in [0.25, 0.3) is 0 Å². The Kier molecular flexibility index (Phi) is 7.57. The van der Waals surface area contributed by atoms with Gasteiger partial charge in [-0.25, -0.2) is 0 Å². The highest BCUT2D eigenvalue weighted by molar-refractivity contribution is 5.84. The highest BCUT2D eigenvalue weighted by Gasteiger charge is 2.47. The third kappa shape index (κ3) is 6.11. The van der Waals surface area contributed by atoms with Crippen molar-refractivity contribution in [3.05, 3.63) is 70.8 Å². The van der Waals surface area contributed by atoms with Crippen molar-refractivity contribution in [1.29, 1.82) is 0 Å². The first-order valence-electron chi connectivity index (χ1n) is 11.8. The lowest BCUT2D eigenvalue weighted by molar-refractivity contribution is -0.164. The van der Waals surface area contributed by atoms with Gasteiger partial charge in [-0.05, 0) is 68.7 Å². The highest BCUT2D eigenvalue weighted by Crippen LogP contribution is 2.41. The van der Waals surface area contributed by atoms with Gasteiger partial charge in [-0.3, -0.25) is 19.2 Å². The van der Waals surface area contributed by atoms with Crippen LogP contribution in [0.3, 0.4) is 0 Å². The largest absolute Gasteiger partial charge is 0.481 e. The summed E-state index contributed by atoms with van der Waals surface area (Å²) < 4.78 is 5.27. The summed E-state index contributed by atoms with van der Waals surface area (Å²) in [5, 5.41) is 27.6. The van der Waals surface area contributed by atoms with E-state index in [0.29, 0.717) is 25.7 Å². The van der Waals surface area contributed by atoms with Gasteiger partial charge in [-0.15, -0.1) is 0 Å². The molecule has 0 aliphatic heterocycles. The van der Waals surface area contributed by atoms with E-state index >= 15 is 0 Å². The summed E-state index contributed by atoms with van der Waals surface area (Å²) in [7, 11) is 0. The summed E-state index contributed by atoms with van der Waals surface area (Å²) in [4.78, 5) is 45.7. The average Bonchev–Trinajstić information content (AvgIpc) is 3.31. The number of fused-ring (bicyclic) bond motifs is 2. The van der Waals surface area contributed by atoms with E-state index in [1.165, 1.54) is 0 Å². The monoisotopic (exact) mass is 496 g/mol. The molecule has 0 amide bonds. The van der Waals surface area contributed by atoms with E-state index in [-0.39, 0.29) is 12.8 Å². The summed E-state index contributed by atoms with van der Waals surface area (Å²) in [5.74, 6) is -3.46. The third-order valence-corrected chi connectivity index (χ3v) is 6.65. The molecule has 0 unspecified atom stereocenters. The Hall–Kier alpha value is -3.68. The fraction of sp³-hybridized carbons (Fsp3) is 0.429. The van der Waals surface area contributed by atoms with Crippen LogP contribution < -0.4 is 0 Å². The summed E-state index contributed by atoms with van der Waals surface area (Å²) in [6.45, 7) is 5.34. The molecule has 8 heteroatoms. The van der Waals surface area contributed by atoms with Gasteiger partial charge in [-0.2, -0.15) is 0 Å². The van der Waals surface area contributed by atoms with Crippen molar-refractivity contribution in [1.82, 2.24) is 0 Å². The van der Waals surface area contributed by atoms with Crippen LogP contribution in [0.1, 0.15) is 55.9 Å². The normalized spacial score (nSPS) is 16.6. The number of benzene rings is 2. The van der Waals surface area contributed by atoms with Crippen molar-refractivity contribution in [2.45, 2.75) is 64.9 Å². The molecule has 2 aromatic carbocycles. The van der Waals surface area contributed by atoms with Crippen LogP contribution in [0.15, 0.2) is 48.5 Å². The zero-order chi connectivity index (χ0) is 26.7. The highest BCUT2D eigenvalue weighted by atomic mass is 16.6. The van der Waals surface area contributed by atoms with Gasteiger partial charge in [0.2, 0.25) is 0 Å². The number of aliphatic carboxylic acids is 3. The van der Waals surface area contributed by atoms with Gasteiger partial charge in [-0.1, -0.05) is 48.5 Å². The molecule has 0 bridgehead atoms. The average molecular weight is 497 g/mol. The van der Waals surface area contributed by atoms with Gasteiger partial charge in [0.1, 0.15) is 5.60 Å². The van der Waals surface area contributed by atoms with E-state index in [1.54, 1.807) is 20.8 Å². The molecular weight excluding hydrogens is 464 g/mol. The van der Waals surface area contributed by atoms with Gasteiger partial charge in [0, 0.05) is 0 Å². The second kappa shape index (κ2) is 10.1. The van der Waals surface area contributed by atoms with E-state index in [1.807, 2.05) is 48.5 Å². The van der Waals surface area contributed by atoms with Crippen LogP contribution in [0.5, 0.6) is 0 Å². The smallest absolute Gasteiger partial charge is 0.310 e. The molecule has 0 aromatic heterocycles. The van der Waals surface area contributed by atoms with Crippen molar-refractivity contribution in [3.8, 4) is 0 Å². The molecule has 3 N–H and O–H groups in total. The van der Waals surface area contributed by atoms with Crippen LogP contribution in [0.4, 0.5) is 0 Å². The van der Waals surface area contributed by atoms with Gasteiger partial charge >= 0.3 is 23.9 Å². The van der Waals surface area contributed by atoms with Crippen molar-refractivity contribution < 1.29 is 39.2 Å². The summed E-state index contributed by atoms with van der Waals surface area (Å²) in [5.41, 5.74) is 1.11. The summed E-state index contributed by atoms with van der Waals surface area (Å²) in [6.07, 6.45) is 0.983. The van der Waals surface area contributed by atoms with Gasteiger partial charge in [0.05, 0.1) is 23.7 Å². The van der Waals surface area contributed by atoms with Crippen LogP contribution in [0.25, 0.3) is 0 Å². The van der Waals surface area contributed by atoms with E-state index in [4.69, 9.17) is 9.84 Å². The number of rotatable bonds is 6. The number of carboxylic acids is 3. The molecule has 192 valence electrons. The second-order valence-corrected chi connectivity index (χ2v) is 10.7. The lowest BCUT2D eigenvalue weighted by atomic mass is 9.81. The molecule has 36 heavy (non-hydrogen) atoms. The van der Waals surface area contributed by atoms with Crippen molar-refractivity contribution in [2.75, 3.05) is 0 Å². The number of carbonyl (C=O) groups is 4. The molecule has 8 nitrogen and oxygen atoms in total. The van der Waals surface area contributed by atoms with Gasteiger partial charge < -0.3 is 20.1 Å². The molecule has 2 aliphatic rings. The number of esters is 1. The van der Waals surface area contributed by atoms with Crippen molar-refractivity contribution in [3.63, 3.8) is 0 Å². The molecule has 0 spiro atoms. The number of hydrogen-bond acceptors (Lipinski definition) is 5. The molecular formula is C28H32O8. The maximum atomic E-state index is 12.0. The maximum absolute atomic E-state index is 12.0. The number of carbonyl (C=O) groups excluding carboxylic acids is 1. The van der Waals surface area contributed by atoms with Crippen LogP contribution in [-0.2, 0) is 49.6 Å². The molecule has 4 rings (SSSR count). The first-order valence-corrected chi connectivity index (χ1v) is 11.8. The maximum Gasteiger partial charge on any atom is 0.310 e. The lowest BCUT2D eigenvalue weighted by Gasteiger charge is -2.26. The lowest BCUT2D eigenvalue weighted by Crippen LogP contribution is -2.36. The van der Waals surface area contributed by atoms with Crippen molar-refractivity contribution in [2.24, 2.45) is 10.8 Å². The molecule has 0 radical (unpaired) electrons. The van der Waals surface area contributed by atoms with Gasteiger partial charge in [0.15, 0.2) is 0 Å².